The fourth-order valence-corrected chi connectivity index (χ4v) is 3.82. The molecule has 0 bridgehead atoms. The summed E-state index contributed by atoms with van der Waals surface area (Å²) in [4.78, 5) is 2.58. The molecule has 4 rings (SSSR count). The van der Waals surface area contributed by atoms with Crippen molar-refractivity contribution in [3.63, 3.8) is 0 Å². The maximum absolute atomic E-state index is 6.22. The maximum Gasteiger partial charge on any atom is 0.141 e. The van der Waals surface area contributed by atoms with Crippen molar-refractivity contribution in [2.45, 2.75) is 38.6 Å². The summed E-state index contributed by atoms with van der Waals surface area (Å²) >= 11 is 0. The molecule has 23 heavy (non-hydrogen) atoms. The summed E-state index contributed by atoms with van der Waals surface area (Å²) in [5.74, 6) is 1.10. The van der Waals surface area contributed by atoms with Gasteiger partial charge in [0, 0.05) is 30.0 Å². The van der Waals surface area contributed by atoms with Gasteiger partial charge in [-0.05, 0) is 44.4 Å². The first kappa shape index (κ1) is 15.0. The Kier molecular flexibility index (Phi) is 4.23. The summed E-state index contributed by atoms with van der Waals surface area (Å²) in [6.45, 7) is 6.19. The molecular formula is C20H25NO2. The predicted octanol–water partition coefficient (Wildman–Crippen LogP) is 4.26. The minimum absolute atomic E-state index is 0.695. The van der Waals surface area contributed by atoms with Crippen molar-refractivity contribution in [2.75, 3.05) is 26.3 Å². The van der Waals surface area contributed by atoms with Crippen molar-refractivity contribution < 1.29 is 9.15 Å². The van der Waals surface area contributed by atoms with E-state index >= 15 is 0 Å². The Bertz CT molecular complexity index is 716. The van der Waals surface area contributed by atoms with E-state index in [1.807, 2.05) is 0 Å². The van der Waals surface area contributed by atoms with Crippen LogP contribution in [0.1, 0.15) is 37.5 Å². The number of benzene rings is 1. The molecule has 1 aromatic heterocycles. The van der Waals surface area contributed by atoms with E-state index in [0.717, 1.165) is 43.4 Å². The summed E-state index contributed by atoms with van der Waals surface area (Å²) in [6.07, 6.45) is 6.94. The first-order valence-corrected chi connectivity index (χ1v) is 8.84. The Morgan fingerprint density at radius 3 is 3.04 bits per heavy atom. The van der Waals surface area contributed by atoms with Crippen LogP contribution in [-0.4, -0.2) is 37.2 Å². The molecule has 3 heteroatoms. The third-order valence-corrected chi connectivity index (χ3v) is 5.19. The van der Waals surface area contributed by atoms with Crippen LogP contribution in [0.15, 0.2) is 34.8 Å². The van der Waals surface area contributed by atoms with Crippen LogP contribution in [0.25, 0.3) is 16.5 Å². The lowest BCUT2D eigenvalue weighted by atomic mass is 10.0. The molecule has 2 aromatic rings. The Morgan fingerprint density at radius 2 is 2.26 bits per heavy atom. The van der Waals surface area contributed by atoms with Crippen LogP contribution in [0.2, 0.25) is 0 Å². The van der Waals surface area contributed by atoms with Gasteiger partial charge in [-0.15, -0.1) is 0 Å². The number of hydrogen-bond acceptors (Lipinski definition) is 3. The number of ether oxygens (including phenoxy) is 1. The van der Waals surface area contributed by atoms with Gasteiger partial charge in [-0.25, -0.2) is 0 Å². The molecule has 1 unspecified atom stereocenters. The molecule has 0 aliphatic carbocycles. The zero-order valence-electron chi connectivity index (χ0n) is 13.9. The molecule has 0 radical (unpaired) electrons. The fourth-order valence-electron chi connectivity index (χ4n) is 3.82. The first-order chi connectivity index (χ1) is 11.3. The second kappa shape index (κ2) is 6.50. The molecule has 1 saturated heterocycles. The average molecular weight is 311 g/mol. The molecular weight excluding hydrogens is 286 g/mol. The molecule has 0 spiro atoms. The van der Waals surface area contributed by atoms with Crippen molar-refractivity contribution in [1.82, 2.24) is 4.90 Å². The van der Waals surface area contributed by atoms with Crippen LogP contribution in [-0.2, 0) is 11.2 Å². The Morgan fingerprint density at radius 1 is 1.30 bits per heavy atom. The number of fused-ring (bicyclic) bond motifs is 1. The van der Waals surface area contributed by atoms with Crippen molar-refractivity contribution >= 4 is 16.5 Å². The average Bonchev–Trinajstić information content (AvgIpc) is 3.19. The number of likely N-dealkylation sites (tertiary alicyclic amines) is 1. The van der Waals surface area contributed by atoms with Crippen LogP contribution >= 0.6 is 0 Å². The van der Waals surface area contributed by atoms with E-state index in [4.69, 9.17) is 9.15 Å². The largest absolute Gasteiger partial charge is 0.460 e. The number of para-hydroxylation sites is 1. The van der Waals surface area contributed by atoms with Gasteiger partial charge in [-0.2, -0.15) is 0 Å². The molecule has 0 N–H and O–H groups in total. The van der Waals surface area contributed by atoms with Crippen LogP contribution < -0.4 is 0 Å². The van der Waals surface area contributed by atoms with E-state index in [1.165, 1.54) is 35.9 Å². The second-order valence-corrected chi connectivity index (χ2v) is 6.78. The maximum atomic E-state index is 6.22. The molecule has 3 nitrogen and oxygen atoms in total. The van der Waals surface area contributed by atoms with E-state index in [0.29, 0.717) is 6.61 Å². The molecule has 0 amide bonds. The molecule has 1 atom stereocenters. The Labute approximate surface area is 137 Å². The summed E-state index contributed by atoms with van der Waals surface area (Å²) in [7, 11) is 0. The quantitative estimate of drug-likeness (QED) is 0.843. The highest BCUT2D eigenvalue weighted by Gasteiger charge is 2.20. The molecule has 2 aliphatic heterocycles. The first-order valence-electron chi connectivity index (χ1n) is 8.84. The van der Waals surface area contributed by atoms with Crippen molar-refractivity contribution in [2.24, 2.45) is 0 Å². The van der Waals surface area contributed by atoms with Crippen molar-refractivity contribution in [1.29, 1.82) is 0 Å². The highest BCUT2D eigenvalue weighted by molar-refractivity contribution is 5.90. The minimum atomic E-state index is 0.695. The van der Waals surface area contributed by atoms with Crippen LogP contribution in [0, 0.1) is 0 Å². The smallest absolute Gasteiger partial charge is 0.141 e. The van der Waals surface area contributed by atoms with Gasteiger partial charge < -0.3 is 14.1 Å². The third kappa shape index (κ3) is 3.08. The topological polar surface area (TPSA) is 25.6 Å². The van der Waals surface area contributed by atoms with Crippen LogP contribution in [0.5, 0.6) is 0 Å². The van der Waals surface area contributed by atoms with Crippen LogP contribution in [0.4, 0.5) is 0 Å². The molecule has 2 aliphatic rings. The van der Waals surface area contributed by atoms with Crippen molar-refractivity contribution in [3.8, 4) is 0 Å². The van der Waals surface area contributed by atoms with Crippen LogP contribution in [0.3, 0.4) is 0 Å². The van der Waals surface area contributed by atoms with Gasteiger partial charge >= 0.3 is 0 Å². The lowest BCUT2D eigenvalue weighted by Gasteiger charge is -2.19. The lowest BCUT2D eigenvalue weighted by molar-refractivity contribution is 0.164. The van der Waals surface area contributed by atoms with Gasteiger partial charge in [0.1, 0.15) is 11.3 Å². The number of rotatable bonds is 4. The van der Waals surface area contributed by atoms with E-state index < -0.39 is 0 Å². The lowest BCUT2D eigenvalue weighted by Crippen LogP contribution is -2.28. The Hall–Kier alpha value is -1.58. The van der Waals surface area contributed by atoms with E-state index in [-0.39, 0.29) is 0 Å². The molecule has 0 saturated carbocycles. The monoisotopic (exact) mass is 311 g/mol. The highest BCUT2D eigenvalue weighted by atomic mass is 16.5. The molecule has 1 aromatic carbocycles. The SMILES string of the molecule is CC1CCCN1CCc1cc2cccc(C3=CCCOC3)c2o1. The fraction of sp³-hybridized carbons (Fsp3) is 0.500. The summed E-state index contributed by atoms with van der Waals surface area (Å²) in [5, 5.41) is 1.21. The van der Waals surface area contributed by atoms with Gasteiger partial charge in [-0.1, -0.05) is 24.3 Å². The second-order valence-electron chi connectivity index (χ2n) is 6.78. The zero-order valence-corrected chi connectivity index (χ0v) is 13.9. The van der Waals surface area contributed by atoms with Gasteiger partial charge in [0.05, 0.1) is 13.2 Å². The van der Waals surface area contributed by atoms with E-state index in [9.17, 15) is 0 Å². The highest BCUT2D eigenvalue weighted by Crippen LogP contribution is 2.30. The molecule has 122 valence electrons. The van der Waals surface area contributed by atoms with Gasteiger partial charge in [0.15, 0.2) is 0 Å². The van der Waals surface area contributed by atoms with E-state index in [1.54, 1.807) is 0 Å². The minimum Gasteiger partial charge on any atom is -0.460 e. The van der Waals surface area contributed by atoms with Gasteiger partial charge in [0.2, 0.25) is 0 Å². The predicted molar refractivity (Wildman–Crippen MR) is 93.6 cm³/mol. The molecule has 3 heterocycles. The normalized spacial score (nSPS) is 22.7. The van der Waals surface area contributed by atoms with Gasteiger partial charge in [-0.3, -0.25) is 0 Å². The van der Waals surface area contributed by atoms with Gasteiger partial charge in [0.25, 0.3) is 0 Å². The number of nitrogens with zero attached hydrogens (tertiary/aromatic N) is 1. The summed E-state index contributed by atoms with van der Waals surface area (Å²) in [5.41, 5.74) is 3.48. The number of hydrogen-bond donors (Lipinski definition) is 0. The van der Waals surface area contributed by atoms with E-state index in [2.05, 4.69) is 42.2 Å². The third-order valence-electron chi connectivity index (χ3n) is 5.19. The summed E-state index contributed by atoms with van der Waals surface area (Å²) < 4.78 is 11.8. The Balaban J connectivity index is 1.56. The number of furan rings is 1. The summed E-state index contributed by atoms with van der Waals surface area (Å²) in [6, 6.07) is 9.35. The zero-order chi connectivity index (χ0) is 15.6. The molecule has 1 fully saturated rings. The van der Waals surface area contributed by atoms with Crippen molar-refractivity contribution in [3.05, 3.63) is 41.7 Å². The standard InChI is InChI=1S/C20H25NO2/c1-15-5-3-10-21(15)11-9-18-13-16-6-2-8-19(20(16)23-18)17-7-4-12-22-14-17/h2,6-8,13,15H,3-5,9-12,14H2,1H3.